The van der Waals surface area contributed by atoms with E-state index in [9.17, 15) is 8.42 Å². The van der Waals surface area contributed by atoms with E-state index in [1.807, 2.05) is 6.07 Å². The van der Waals surface area contributed by atoms with E-state index in [4.69, 9.17) is 0 Å². The van der Waals surface area contributed by atoms with Gasteiger partial charge in [0.25, 0.3) is 0 Å². The van der Waals surface area contributed by atoms with Gasteiger partial charge in [0.05, 0.1) is 11.5 Å². The average Bonchev–Trinajstić information content (AvgIpc) is 2.79. The second-order valence-electron chi connectivity index (χ2n) is 5.87. The molecule has 0 aromatic heterocycles. The Morgan fingerprint density at radius 1 is 1.30 bits per heavy atom. The van der Waals surface area contributed by atoms with E-state index >= 15 is 0 Å². The maximum Gasteiger partial charge on any atom is 0.150 e. The number of hydrogen-bond acceptors (Lipinski definition) is 3. The zero-order valence-electron chi connectivity index (χ0n) is 12.4. The summed E-state index contributed by atoms with van der Waals surface area (Å²) < 4.78 is 23.4. The lowest BCUT2D eigenvalue weighted by atomic mass is 9.87. The minimum atomic E-state index is -2.80. The lowest BCUT2D eigenvalue weighted by molar-refractivity contribution is 0.350. The second kappa shape index (κ2) is 6.72. The van der Waals surface area contributed by atoms with Crippen LogP contribution in [0.1, 0.15) is 38.2 Å². The first-order valence-electron chi connectivity index (χ1n) is 7.50. The normalized spacial score (nSPS) is 24.4. The number of sulfone groups is 1. The third-order valence-corrected chi connectivity index (χ3v) is 6.07. The zero-order valence-corrected chi connectivity index (χ0v) is 13.2. The predicted octanol–water partition coefficient (Wildman–Crippen LogP) is 2.59. The summed E-state index contributed by atoms with van der Waals surface area (Å²) in [6.45, 7) is 5.20. The smallest absolute Gasteiger partial charge is 0.150 e. The first-order valence-corrected chi connectivity index (χ1v) is 9.32. The summed E-state index contributed by atoms with van der Waals surface area (Å²) in [5.74, 6) is 1.43. The summed E-state index contributed by atoms with van der Waals surface area (Å²) in [5, 5.41) is 3.50. The third-order valence-electron chi connectivity index (χ3n) is 4.28. The van der Waals surface area contributed by atoms with Gasteiger partial charge in [-0.2, -0.15) is 0 Å². The van der Waals surface area contributed by atoms with Gasteiger partial charge in [0, 0.05) is 6.04 Å². The molecule has 1 fully saturated rings. The zero-order chi connectivity index (χ0) is 14.6. The summed E-state index contributed by atoms with van der Waals surface area (Å²) in [7, 11) is -2.80. The molecule has 1 aromatic rings. The van der Waals surface area contributed by atoms with E-state index in [1.54, 1.807) is 0 Å². The highest BCUT2D eigenvalue weighted by Crippen LogP contribution is 2.28. The van der Waals surface area contributed by atoms with Gasteiger partial charge in [0.1, 0.15) is 0 Å². The summed E-state index contributed by atoms with van der Waals surface area (Å²) in [6.07, 6.45) is 1.81. The van der Waals surface area contributed by atoms with Gasteiger partial charge in [-0.1, -0.05) is 44.2 Å². The first kappa shape index (κ1) is 15.5. The summed E-state index contributed by atoms with van der Waals surface area (Å²) in [5.41, 5.74) is 1.33. The van der Waals surface area contributed by atoms with Crippen molar-refractivity contribution >= 4 is 9.84 Å². The number of hydrogen-bond donors (Lipinski definition) is 1. The van der Waals surface area contributed by atoms with Crippen LogP contribution in [0.15, 0.2) is 30.3 Å². The van der Waals surface area contributed by atoms with E-state index in [0.717, 1.165) is 19.4 Å². The molecule has 1 heterocycles. The standard InChI is InChI=1S/C16H25NO2S/c1-3-17-16(15-9-10-20(18,19)12-15)11-13(2)14-7-5-4-6-8-14/h4-8,13,15-17H,3,9-12H2,1-2H3. The minimum Gasteiger partial charge on any atom is -0.314 e. The van der Waals surface area contributed by atoms with Crippen molar-refractivity contribution in [2.75, 3.05) is 18.1 Å². The molecule has 3 unspecified atom stereocenters. The molecule has 3 atom stereocenters. The molecular weight excluding hydrogens is 270 g/mol. The van der Waals surface area contributed by atoms with Gasteiger partial charge in [0.15, 0.2) is 9.84 Å². The van der Waals surface area contributed by atoms with Crippen molar-refractivity contribution in [1.82, 2.24) is 5.32 Å². The summed E-state index contributed by atoms with van der Waals surface area (Å²) >= 11 is 0. The highest BCUT2D eigenvalue weighted by molar-refractivity contribution is 7.91. The van der Waals surface area contributed by atoms with Crippen LogP contribution in [0.5, 0.6) is 0 Å². The fraction of sp³-hybridized carbons (Fsp3) is 0.625. The van der Waals surface area contributed by atoms with Crippen molar-refractivity contribution in [1.29, 1.82) is 0 Å². The Morgan fingerprint density at radius 2 is 2.00 bits per heavy atom. The van der Waals surface area contributed by atoms with Crippen molar-refractivity contribution in [3.05, 3.63) is 35.9 Å². The molecule has 1 aliphatic heterocycles. The molecule has 0 radical (unpaired) electrons. The van der Waals surface area contributed by atoms with Crippen LogP contribution in [0.2, 0.25) is 0 Å². The molecule has 0 spiro atoms. The quantitative estimate of drug-likeness (QED) is 0.877. The Labute approximate surface area is 122 Å². The van der Waals surface area contributed by atoms with Gasteiger partial charge in [-0.3, -0.25) is 0 Å². The minimum absolute atomic E-state index is 0.270. The highest BCUT2D eigenvalue weighted by Gasteiger charge is 2.33. The van der Waals surface area contributed by atoms with Gasteiger partial charge in [-0.25, -0.2) is 8.42 Å². The summed E-state index contributed by atoms with van der Waals surface area (Å²) in [4.78, 5) is 0. The van der Waals surface area contributed by atoms with E-state index in [0.29, 0.717) is 23.5 Å². The monoisotopic (exact) mass is 295 g/mol. The van der Waals surface area contributed by atoms with Crippen LogP contribution in [0.3, 0.4) is 0 Å². The molecule has 1 N–H and O–H groups in total. The molecule has 4 heteroatoms. The topological polar surface area (TPSA) is 46.2 Å². The molecule has 1 aromatic carbocycles. The van der Waals surface area contributed by atoms with Crippen molar-refractivity contribution in [3.8, 4) is 0 Å². The van der Waals surface area contributed by atoms with Gasteiger partial charge in [0.2, 0.25) is 0 Å². The fourth-order valence-electron chi connectivity index (χ4n) is 3.14. The Balaban J connectivity index is 2.02. The molecule has 112 valence electrons. The first-order chi connectivity index (χ1) is 9.52. The maximum atomic E-state index is 11.7. The lowest BCUT2D eigenvalue weighted by Gasteiger charge is -2.26. The molecule has 20 heavy (non-hydrogen) atoms. The van der Waals surface area contributed by atoms with Crippen LogP contribution in [-0.2, 0) is 9.84 Å². The Bertz CT molecular complexity index is 513. The van der Waals surface area contributed by atoms with Crippen LogP contribution in [0.25, 0.3) is 0 Å². The van der Waals surface area contributed by atoms with Crippen LogP contribution in [0.4, 0.5) is 0 Å². The molecule has 0 aliphatic carbocycles. The van der Waals surface area contributed by atoms with Crippen molar-refractivity contribution in [3.63, 3.8) is 0 Å². The Morgan fingerprint density at radius 3 is 2.55 bits per heavy atom. The van der Waals surface area contributed by atoms with Gasteiger partial charge < -0.3 is 5.32 Å². The Kier molecular flexibility index (Phi) is 5.22. The molecule has 2 rings (SSSR count). The largest absolute Gasteiger partial charge is 0.314 e. The van der Waals surface area contributed by atoms with Crippen molar-refractivity contribution in [2.24, 2.45) is 5.92 Å². The molecule has 1 aliphatic rings. The van der Waals surface area contributed by atoms with E-state index in [-0.39, 0.29) is 5.92 Å². The van der Waals surface area contributed by atoms with Gasteiger partial charge in [-0.15, -0.1) is 0 Å². The van der Waals surface area contributed by atoms with Crippen LogP contribution in [-0.4, -0.2) is 32.5 Å². The lowest BCUT2D eigenvalue weighted by Crippen LogP contribution is -2.37. The number of rotatable bonds is 6. The van der Waals surface area contributed by atoms with Crippen LogP contribution >= 0.6 is 0 Å². The Hall–Kier alpha value is -0.870. The van der Waals surface area contributed by atoms with Crippen LogP contribution in [0, 0.1) is 5.92 Å². The van der Waals surface area contributed by atoms with Crippen LogP contribution < -0.4 is 5.32 Å². The van der Waals surface area contributed by atoms with E-state index in [2.05, 4.69) is 43.4 Å². The maximum absolute atomic E-state index is 11.7. The fourth-order valence-corrected chi connectivity index (χ4v) is 5.02. The van der Waals surface area contributed by atoms with Gasteiger partial charge >= 0.3 is 0 Å². The van der Waals surface area contributed by atoms with E-state index < -0.39 is 9.84 Å². The van der Waals surface area contributed by atoms with Crippen molar-refractivity contribution < 1.29 is 8.42 Å². The molecule has 0 bridgehead atoms. The number of nitrogens with one attached hydrogen (secondary N) is 1. The number of benzene rings is 1. The molecular formula is C16H25NO2S. The third kappa shape index (κ3) is 4.06. The van der Waals surface area contributed by atoms with E-state index in [1.165, 1.54) is 5.56 Å². The molecule has 3 nitrogen and oxygen atoms in total. The second-order valence-corrected chi connectivity index (χ2v) is 8.10. The SMILES string of the molecule is CCNC(CC(C)c1ccccc1)C1CCS(=O)(=O)C1. The summed E-state index contributed by atoms with van der Waals surface area (Å²) in [6, 6.07) is 10.8. The highest BCUT2D eigenvalue weighted by atomic mass is 32.2. The predicted molar refractivity (Wildman–Crippen MR) is 83.7 cm³/mol. The molecule has 0 saturated carbocycles. The molecule has 0 amide bonds. The van der Waals surface area contributed by atoms with Gasteiger partial charge in [-0.05, 0) is 36.8 Å². The van der Waals surface area contributed by atoms with Crippen molar-refractivity contribution in [2.45, 2.75) is 38.6 Å². The average molecular weight is 295 g/mol. The molecule has 1 saturated heterocycles.